The predicted molar refractivity (Wildman–Crippen MR) is 202 cm³/mol. The Bertz CT molecular complexity index is 1720. The van der Waals surface area contributed by atoms with Gasteiger partial charge in [-0.25, -0.2) is 0 Å². The van der Waals surface area contributed by atoms with Crippen LogP contribution in [0.15, 0.2) is 109 Å². The monoisotopic (exact) mass is 708 g/mol. The molecule has 6 rings (SSSR count). The molecule has 0 radical (unpaired) electrons. The number of anilines is 1. The van der Waals surface area contributed by atoms with Crippen LogP contribution in [0.5, 0.6) is 17.2 Å². The summed E-state index contributed by atoms with van der Waals surface area (Å²) < 4.78 is 16.3. The summed E-state index contributed by atoms with van der Waals surface area (Å²) in [5.41, 5.74) is 7.73. The summed E-state index contributed by atoms with van der Waals surface area (Å²) in [6, 6.07) is 33.7. The molecule has 3 heterocycles. The quantitative estimate of drug-likeness (QED) is 0.136. The van der Waals surface area contributed by atoms with Gasteiger partial charge in [-0.2, -0.15) is 0 Å². The Kier molecular flexibility index (Phi) is 14.8. The Balaban J connectivity index is 0.00000208. The molecule has 1 aliphatic heterocycles. The number of aromatic nitrogens is 2. The van der Waals surface area contributed by atoms with Crippen LogP contribution in [0.4, 0.5) is 5.69 Å². The molecule has 0 amide bonds. The van der Waals surface area contributed by atoms with Crippen molar-refractivity contribution in [3.63, 3.8) is 0 Å². The highest BCUT2D eigenvalue weighted by atomic mass is 35.5. The van der Waals surface area contributed by atoms with Crippen molar-refractivity contribution in [1.29, 1.82) is 0 Å². The molecular formula is C38H43Cl3N4O3. The summed E-state index contributed by atoms with van der Waals surface area (Å²) in [5, 5.41) is 0. The fourth-order valence-corrected chi connectivity index (χ4v) is 6.07. The van der Waals surface area contributed by atoms with Crippen LogP contribution in [0.25, 0.3) is 22.5 Å². The number of benzene rings is 3. The maximum Gasteiger partial charge on any atom is 0.119 e. The average Bonchev–Trinajstić information content (AvgIpc) is 3.11. The van der Waals surface area contributed by atoms with Gasteiger partial charge in [0.05, 0.1) is 32.7 Å². The van der Waals surface area contributed by atoms with Gasteiger partial charge in [0, 0.05) is 61.4 Å². The van der Waals surface area contributed by atoms with Crippen LogP contribution >= 0.6 is 37.2 Å². The first-order valence-electron chi connectivity index (χ1n) is 15.4. The number of hydrogen-bond acceptors (Lipinski definition) is 7. The normalized spacial score (nSPS) is 12.9. The number of hydrogen-bond donors (Lipinski definition) is 0. The lowest BCUT2D eigenvalue weighted by molar-refractivity contribution is 0.201. The minimum Gasteiger partial charge on any atom is -0.497 e. The Labute approximate surface area is 302 Å². The summed E-state index contributed by atoms with van der Waals surface area (Å²) in [6.07, 6.45) is 5.98. The van der Waals surface area contributed by atoms with Gasteiger partial charge in [-0.15, -0.1) is 37.2 Å². The van der Waals surface area contributed by atoms with Gasteiger partial charge >= 0.3 is 0 Å². The van der Waals surface area contributed by atoms with Gasteiger partial charge in [-0.1, -0.05) is 24.3 Å². The summed E-state index contributed by atoms with van der Waals surface area (Å²) in [5.74, 6) is 2.53. The largest absolute Gasteiger partial charge is 0.497 e. The molecule has 1 saturated heterocycles. The Morgan fingerprint density at radius 1 is 0.625 bits per heavy atom. The summed E-state index contributed by atoms with van der Waals surface area (Å²) in [7, 11) is 5.10. The molecule has 0 unspecified atom stereocenters. The second-order valence-corrected chi connectivity index (χ2v) is 11.4. The molecule has 5 aromatic rings. The van der Waals surface area contributed by atoms with Gasteiger partial charge in [0.1, 0.15) is 17.2 Å². The van der Waals surface area contributed by atoms with Gasteiger partial charge < -0.3 is 19.1 Å². The highest BCUT2D eigenvalue weighted by Gasteiger charge is 2.26. The SMILES string of the molecule is COc1ccc(N(Cc2ccnc(-c3cccc(OC)c3)c2)C2CCN(Cc3ccnc(-c4cccc(OC)c4)c3)CC2)cc1.Cl.Cl.Cl. The van der Waals surface area contributed by atoms with E-state index >= 15 is 0 Å². The third kappa shape index (κ3) is 9.54. The topological polar surface area (TPSA) is 60.0 Å². The predicted octanol–water partition coefficient (Wildman–Crippen LogP) is 8.77. The molecule has 0 spiro atoms. The van der Waals surface area contributed by atoms with Crippen LogP contribution in [-0.4, -0.2) is 55.3 Å². The number of nitrogens with zero attached hydrogens (tertiary/aromatic N) is 4. The second kappa shape index (κ2) is 18.5. The van der Waals surface area contributed by atoms with Crippen LogP contribution in [0.1, 0.15) is 24.0 Å². The highest BCUT2D eigenvalue weighted by Crippen LogP contribution is 2.30. The molecule has 0 atom stereocenters. The summed E-state index contributed by atoms with van der Waals surface area (Å²) in [4.78, 5) is 14.4. The van der Waals surface area contributed by atoms with Crippen molar-refractivity contribution >= 4 is 42.9 Å². The molecule has 0 bridgehead atoms. The van der Waals surface area contributed by atoms with E-state index in [0.717, 1.165) is 78.8 Å². The molecular weight excluding hydrogens is 667 g/mol. The third-order valence-electron chi connectivity index (χ3n) is 8.54. The van der Waals surface area contributed by atoms with E-state index in [4.69, 9.17) is 14.2 Å². The zero-order valence-corrected chi connectivity index (χ0v) is 29.9. The minimum absolute atomic E-state index is 0. The van der Waals surface area contributed by atoms with E-state index in [1.54, 1.807) is 21.3 Å². The highest BCUT2D eigenvalue weighted by molar-refractivity contribution is 5.86. The molecule has 2 aromatic heterocycles. The van der Waals surface area contributed by atoms with Gasteiger partial charge in [-0.05, 0) is 96.8 Å². The lowest BCUT2D eigenvalue weighted by Gasteiger charge is -2.40. The molecule has 10 heteroatoms. The Morgan fingerprint density at radius 2 is 1.15 bits per heavy atom. The molecule has 1 fully saturated rings. The molecule has 0 aliphatic carbocycles. The fraction of sp³-hybridized carbons (Fsp3) is 0.263. The lowest BCUT2D eigenvalue weighted by atomic mass is 10.00. The number of ether oxygens (including phenoxy) is 3. The Morgan fingerprint density at radius 3 is 1.69 bits per heavy atom. The maximum atomic E-state index is 5.46. The summed E-state index contributed by atoms with van der Waals surface area (Å²) >= 11 is 0. The molecule has 0 saturated carbocycles. The number of halogens is 3. The first kappa shape index (κ1) is 38.4. The van der Waals surface area contributed by atoms with E-state index in [1.807, 2.05) is 48.8 Å². The molecule has 1 aliphatic rings. The molecule has 3 aromatic carbocycles. The van der Waals surface area contributed by atoms with Crippen molar-refractivity contribution < 1.29 is 14.2 Å². The van der Waals surface area contributed by atoms with Crippen LogP contribution in [-0.2, 0) is 13.1 Å². The van der Waals surface area contributed by atoms with Gasteiger partial charge in [0.15, 0.2) is 0 Å². The van der Waals surface area contributed by atoms with Crippen LogP contribution in [0, 0.1) is 0 Å². The van der Waals surface area contributed by atoms with Crippen LogP contribution < -0.4 is 19.1 Å². The van der Waals surface area contributed by atoms with E-state index < -0.39 is 0 Å². The van der Waals surface area contributed by atoms with Gasteiger partial charge in [0.25, 0.3) is 0 Å². The number of rotatable bonds is 11. The minimum atomic E-state index is 0. The maximum absolute atomic E-state index is 5.46. The smallest absolute Gasteiger partial charge is 0.119 e. The lowest BCUT2D eigenvalue weighted by Crippen LogP contribution is -2.44. The zero-order chi connectivity index (χ0) is 31.0. The first-order valence-corrected chi connectivity index (χ1v) is 15.4. The van der Waals surface area contributed by atoms with Crippen LogP contribution in [0.2, 0.25) is 0 Å². The second-order valence-electron chi connectivity index (χ2n) is 11.4. The zero-order valence-electron chi connectivity index (χ0n) is 27.5. The molecule has 7 nitrogen and oxygen atoms in total. The van der Waals surface area contributed by atoms with Gasteiger partial charge in [-0.3, -0.25) is 14.9 Å². The Hall–Kier alpha value is -4.01. The summed E-state index contributed by atoms with van der Waals surface area (Å²) in [6.45, 7) is 3.76. The van der Waals surface area contributed by atoms with E-state index in [0.29, 0.717) is 6.04 Å². The van der Waals surface area contributed by atoms with E-state index in [-0.39, 0.29) is 37.2 Å². The standard InChI is InChI=1S/C38H40N4O3.3ClH/c1-43-34-12-10-32(11-13-34)42(27-29-15-19-40-38(23-29)31-7-5-9-36(25-31)45-3)33-16-20-41(21-17-33)26-28-14-18-39-37(22-28)30-6-4-8-35(24-30)44-2;;;/h4-15,18-19,22-25,33H,16-17,20-21,26-27H2,1-3H3;3*1H. The number of likely N-dealkylation sites (tertiary alicyclic amines) is 1. The van der Waals surface area contributed by atoms with Crippen molar-refractivity contribution in [2.75, 3.05) is 39.3 Å². The number of piperidine rings is 1. The molecule has 0 N–H and O–H groups in total. The van der Waals surface area contributed by atoms with E-state index in [9.17, 15) is 0 Å². The van der Waals surface area contributed by atoms with E-state index in [2.05, 4.69) is 80.4 Å². The molecule has 48 heavy (non-hydrogen) atoms. The third-order valence-corrected chi connectivity index (χ3v) is 8.54. The number of pyridine rings is 2. The van der Waals surface area contributed by atoms with Crippen molar-refractivity contribution in [1.82, 2.24) is 14.9 Å². The number of methoxy groups -OCH3 is 3. The van der Waals surface area contributed by atoms with Crippen molar-refractivity contribution in [3.05, 3.63) is 121 Å². The molecule has 254 valence electrons. The average molecular weight is 710 g/mol. The van der Waals surface area contributed by atoms with E-state index in [1.165, 1.54) is 16.8 Å². The van der Waals surface area contributed by atoms with Crippen LogP contribution in [0.3, 0.4) is 0 Å². The fourth-order valence-electron chi connectivity index (χ4n) is 6.07. The van der Waals surface area contributed by atoms with Crippen molar-refractivity contribution in [3.8, 4) is 39.8 Å². The first-order chi connectivity index (χ1) is 22.1. The van der Waals surface area contributed by atoms with Gasteiger partial charge in [0.2, 0.25) is 0 Å². The van der Waals surface area contributed by atoms with Crippen molar-refractivity contribution in [2.45, 2.75) is 32.0 Å². The van der Waals surface area contributed by atoms with Crippen molar-refractivity contribution in [2.24, 2.45) is 0 Å².